The van der Waals surface area contributed by atoms with Crippen LogP contribution >= 0.6 is 23.4 Å². The van der Waals surface area contributed by atoms with Crippen molar-refractivity contribution in [1.82, 2.24) is 4.90 Å². The van der Waals surface area contributed by atoms with E-state index in [0.29, 0.717) is 16.5 Å². The number of thioether (sulfide) groups is 1. The lowest BCUT2D eigenvalue weighted by Crippen LogP contribution is -2.27. The van der Waals surface area contributed by atoms with Crippen molar-refractivity contribution in [2.45, 2.75) is 6.54 Å². The molecule has 28 heavy (non-hydrogen) atoms. The van der Waals surface area contributed by atoms with Gasteiger partial charge < -0.3 is 4.42 Å². The standard InChI is InChI=1S/C21H13ClFNO3S/c22-15-7-5-13(6-8-15)18-10-9-16(27-18)11-19-20(25)24(21(26)28-19)12-14-3-1-2-4-17(14)23/h1-11H,12H2/b19-11+. The van der Waals surface area contributed by atoms with Crippen LogP contribution in [0.1, 0.15) is 11.3 Å². The van der Waals surface area contributed by atoms with E-state index in [-0.39, 0.29) is 17.0 Å². The number of hydrogen-bond donors (Lipinski definition) is 0. The Morgan fingerprint density at radius 3 is 2.54 bits per heavy atom. The molecule has 4 rings (SSSR count). The van der Waals surface area contributed by atoms with Gasteiger partial charge >= 0.3 is 0 Å². The number of carbonyl (C=O) groups excluding carboxylic acids is 2. The van der Waals surface area contributed by atoms with Crippen molar-refractivity contribution < 1.29 is 18.4 Å². The second-order valence-electron chi connectivity index (χ2n) is 6.07. The molecule has 0 aliphatic carbocycles. The van der Waals surface area contributed by atoms with Crippen LogP contribution in [0.5, 0.6) is 0 Å². The molecule has 0 atom stereocenters. The highest BCUT2D eigenvalue weighted by Gasteiger charge is 2.35. The predicted octanol–water partition coefficient (Wildman–Crippen LogP) is 5.98. The first-order chi connectivity index (χ1) is 13.5. The molecule has 0 radical (unpaired) electrons. The lowest BCUT2D eigenvalue weighted by Gasteiger charge is -2.12. The zero-order chi connectivity index (χ0) is 19.7. The zero-order valence-corrected chi connectivity index (χ0v) is 16.0. The average Bonchev–Trinajstić information content (AvgIpc) is 3.24. The molecule has 7 heteroatoms. The van der Waals surface area contributed by atoms with Crippen molar-refractivity contribution in [3.63, 3.8) is 0 Å². The number of amides is 2. The van der Waals surface area contributed by atoms with Crippen LogP contribution < -0.4 is 0 Å². The van der Waals surface area contributed by atoms with Crippen LogP contribution in [0.25, 0.3) is 17.4 Å². The van der Waals surface area contributed by atoms with Crippen LogP contribution in [-0.4, -0.2) is 16.0 Å². The van der Waals surface area contributed by atoms with Gasteiger partial charge in [-0.2, -0.15) is 0 Å². The number of nitrogens with zero attached hydrogens (tertiary/aromatic N) is 1. The summed E-state index contributed by atoms with van der Waals surface area (Å²) < 4.78 is 19.6. The molecule has 3 aromatic rings. The van der Waals surface area contributed by atoms with E-state index in [1.807, 2.05) is 12.1 Å². The number of rotatable bonds is 4. The minimum atomic E-state index is -0.470. The molecule has 2 amide bonds. The lowest BCUT2D eigenvalue weighted by atomic mass is 10.2. The van der Waals surface area contributed by atoms with E-state index in [1.54, 1.807) is 42.5 Å². The second kappa shape index (κ2) is 7.66. The number of hydrogen-bond acceptors (Lipinski definition) is 4. The Kier molecular flexibility index (Phi) is 5.07. The molecule has 1 aliphatic rings. The maximum Gasteiger partial charge on any atom is 0.293 e. The van der Waals surface area contributed by atoms with E-state index in [2.05, 4.69) is 0 Å². The molecule has 4 nitrogen and oxygen atoms in total. The predicted molar refractivity (Wildman–Crippen MR) is 107 cm³/mol. The fourth-order valence-corrected chi connectivity index (χ4v) is 3.71. The highest BCUT2D eigenvalue weighted by atomic mass is 35.5. The Labute approximate surface area is 169 Å². The summed E-state index contributed by atoms with van der Waals surface area (Å²) in [6.45, 7) is -0.108. The molecule has 0 saturated carbocycles. The van der Waals surface area contributed by atoms with Crippen LogP contribution in [0.2, 0.25) is 5.02 Å². The molecule has 0 spiro atoms. The first kappa shape index (κ1) is 18.5. The third-order valence-corrected chi connectivity index (χ3v) is 5.35. The number of halogens is 2. The van der Waals surface area contributed by atoms with Crippen LogP contribution in [0, 0.1) is 5.82 Å². The van der Waals surface area contributed by atoms with Crippen LogP contribution in [0.3, 0.4) is 0 Å². The fraction of sp³-hybridized carbons (Fsp3) is 0.0476. The van der Waals surface area contributed by atoms with E-state index in [1.165, 1.54) is 12.1 Å². The molecule has 0 bridgehead atoms. The summed E-state index contributed by atoms with van der Waals surface area (Å²) in [7, 11) is 0. The van der Waals surface area contributed by atoms with Crippen LogP contribution in [-0.2, 0) is 11.3 Å². The molecule has 1 aromatic heterocycles. The van der Waals surface area contributed by atoms with E-state index in [9.17, 15) is 14.0 Å². The van der Waals surface area contributed by atoms with Gasteiger partial charge in [0.15, 0.2) is 0 Å². The van der Waals surface area contributed by atoms with E-state index in [0.717, 1.165) is 22.2 Å². The van der Waals surface area contributed by atoms with Gasteiger partial charge in [-0.3, -0.25) is 14.5 Å². The number of benzene rings is 2. The van der Waals surface area contributed by atoms with Gasteiger partial charge in [-0.15, -0.1) is 0 Å². The van der Waals surface area contributed by atoms with Gasteiger partial charge in [-0.1, -0.05) is 29.8 Å². The Hall–Kier alpha value is -2.83. The van der Waals surface area contributed by atoms with Crippen LogP contribution in [0.4, 0.5) is 9.18 Å². The second-order valence-corrected chi connectivity index (χ2v) is 7.50. The molecule has 0 unspecified atom stereocenters. The van der Waals surface area contributed by atoms with Crippen LogP contribution in [0.15, 0.2) is 70.0 Å². The van der Waals surface area contributed by atoms with Crippen molar-refractivity contribution in [3.8, 4) is 11.3 Å². The summed E-state index contributed by atoms with van der Waals surface area (Å²) >= 11 is 6.70. The monoisotopic (exact) mass is 413 g/mol. The Balaban J connectivity index is 1.54. The smallest absolute Gasteiger partial charge is 0.293 e. The summed E-state index contributed by atoms with van der Waals surface area (Å²) in [5, 5.41) is 0.183. The minimum Gasteiger partial charge on any atom is -0.457 e. The molecule has 0 N–H and O–H groups in total. The number of furan rings is 1. The number of imide groups is 1. The Morgan fingerprint density at radius 2 is 1.79 bits per heavy atom. The quantitative estimate of drug-likeness (QED) is 0.494. The molecule has 2 aromatic carbocycles. The normalized spacial score (nSPS) is 15.6. The largest absolute Gasteiger partial charge is 0.457 e. The van der Waals surface area contributed by atoms with E-state index in [4.69, 9.17) is 16.0 Å². The highest BCUT2D eigenvalue weighted by Crippen LogP contribution is 2.34. The zero-order valence-electron chi connectivity index (χ0n) is 14.4. The van der Waals surface area contributed by atoms with Gasteiger partial charge in [0.2, 0.25) is 0 Å². The maximum absolute atomic E-state index is 13.8. The summed E-state index contributed by atoms with van der Waals surface area (Å²) in [5.74, 6) is 0.140. The summed E-state index contributed by atoms with van der Waals surface area (Å²) in [5.41, 5.74) is 1.13. The van der Waals surface area contributed by atoms with Gasteiger partial charge in [0, 0.05) is 22.2 Å². The topological polar surface area (TPSA) is 50.5 Å². The van der Waals surface area contributed by atoms with Gasteiger partial charge in [-0.05, 0) is 54.2 Å². The van der Waals surface area contributed by atoms with Crippen molar-refractivity contribution in [1.29, 1.82) is 0 Å². The Morgan fingerprint density at radius 1 is 1.04 bits per heavy atom. The average molecular weight is 414 g/mol. The maximum atomic E-state index is 13.8. The molecule has 140 valence electrons. The molecule has 1 aliphatic heterocycles. The Bertz CT molecular complexity index is 1090. The van der Waals surface area contributed by atoms with E-state index >= 15 is 0 Å². The van der Waals surface area contributed by atoms with Gasteiger partial charge in [-0.25, -0.2) is 4.39 Å². The van der Waals surface area contributed by atoms with Crippen molar-refractivity contribution in [2.75, 3.05) is 0 Å². The first-order valence-electron chi connectivity index (χ1n) is 8.36. The van der Waals surface area contributed by atoms with Crippen molar-refractivity contribution >= 4 is 40.6 Å². The minimum absolute atomic E-state index is 0.108. The SMILES string of the molecule is O=C1S/C(=C/c2ccc(-c3ccc(Cl)cc3)o2)C(=O)N1Cc1ccccc1F. The summed E-state index contributed by atoms with van der Waals surface area (Å²) in [4.78, 5) is 26.1. The molecule has 2 heterocycles. The highest BCUT2D eigenvalue weighted by molar-refractivity contribution is 8.18. The van der Waals surface area contributed by atoms with Crippen molar-refractivity contribution in [2.24, 2.45) is 0 Å². The fourth-order valence-electron chi connectivity index (χ4n) is 2.76. The molecule has 1 saturated heterocycles. The van der Waals surface area contributed by atoms with E-state index < -0.39 is 17.0 Å². The summed E-state index contributed by atoms with van der Waals surface area (Å²) in [6, 6.07) is 16.7. The molecule has 1 fully saturated rings. The lowest BCUT2D eigenvalue weighted by molar-refractivity contribution is -0.123. The van der Waals surface area contributed by atoms with Crippen molar-refractivity contribution in [3.05, 3.63) is 87.7 Å². The third kappa shape index (κ3) is 3.74. The first-order valence-corrected chi connectivity index (χ1v) is 9.55. The molecular weight excluding hydrogens is 401 g/mol. The third-order valence-electron chi connectivity index (χ3n) is 4.19. The van der Waals surface area contributed by atoms with Gasteiger partial charge in [0.25, 0.3) is 11.1 Å². The molecular formula is C21H13ClFNO3S. The summed E-state index contributed by atoms with van der Waals surface area (Å²) in [6.07, 6.45) is 1.52. The number of carbonyl (C=O) groups is 2. The van der Waals surface area contributed by atoms with Gasteiger partial charge in [0.1, 0.15) is 17.3 Å². The van der Waals surface area contributed by atoms with Gasteiger partial charge in [0.05, 0.1) is 11.4 Å².